The van der Waals surface area contributed by atoms with Gasteiger partial charge in [-0.2, -0.15) is 0 Å². The van der Waals surface area contributed by atoms with Gasteiger partial charge in [-0.05, 0) is 69.2 Å². The fourth-order valence-corrected chi connectivity index (χ4v) is 4.70. The van der Waals surface area contributed by atoms with Gasteiger partial charge in [0.25, 0.3) is 0 Å². The number of carbonyl (C=O) groups excluding carboxylic acids is 1. The average molecular weight is 483 g/mol. The van der Waals surface area contributed by atoms with Gasteiger partial charge in [0.15, 0.2) is 6.61 Å². The third-order valence-corrected chi connectivity index (χ3v) is 6.29. The summed E-state index contributed by atoms with van der Waals surface area (Å²) in [6, 6.07) is 12.4. The number of halogens is 1. The van der Waals surface area contributed by atoms with Crippen LogP contribution in [0, 0.1) is 6.92 Å². The van der Waals surface area contributed by atoms with Crippen LogP contribution >= 0.6 is 11.6 Å². The van der Waals surface area contributed by atoms with Crippen molar-refractivity contribution in [3.05, 3.63) is 58.7 Å². The number of fused-ring (bicyclic) bond motifs is 1. The average Bonchev–Trinajstić information content (AvgIpc) is 2.79. The smallest absolute Gasteiger partial charge is 0.344 e. The zero-order chi connectivity index (χ0) is 24.2. The molecule has 3 aromatic rings. The van der Waals surface area contributed by atoms with Gasteiger partial charge in [0.1, 0.15) is 11.6 Å². The molecule has 1 aliphatic heterocycles. The number of nitrogens with zero attached hydrogens (tertiary/aromatic N) is 4. The van der Waals surface area contributed by atoms with E-state index in [1.807, 2.05) is 43.5 Å². The molecule has 180 valence electrons. The van der Waals surface area contributed by atoms with Crippen LogP contribution in [-0.4, -0.2) is 59.2 Å². The van der Waals surface area contributed by atoms with E-state index < -0.39 is 0 Å². The highest BCUT2D eigenvalue weighted by atomic mass is 35.5. The van der Waals surface area contributed by atoms with Crippen LogP contribution < -0.4 is 9.64 Å². The van der Waals surface area contributed by atoms with E-state index in [9.17, 15) is 4.79 Å². The van der Waals surface area contributed by atoms with Crippen molar-refractivity contribution >= 4 is 34.4 Å². The second-order valence-electron chi connectivity index (χ2n) is 8.88. The molecule has 0 N–H and O–H groups in total. The van der Waals surface area contributed by atoms with Gasteiger partial charge in [-0.15, -0.1) is 0 Å². The zero-order valence-electron chi connectivity index (χ0n) is 20.1. The van der Waals surface area contributed by atoms with Crippen molar-refractivity contribution in [3.63, 3.8) is 0 Å². The molecule has 1 aromatic heterocycles. The summed E-state index contributed by atoms with van der Waals surface area (Å²) in [4.78, 5) is 25.8. The number of hydrogen-bond acceptors (Lipinski definition) is 7. The predicted octanol–water partition coefficient (Wildman–Crippen LogP) is 4.63. The van der Waals surface area contributed by atoms with Crippen LogP contribution in [0.2, 0.25) is 5.02 Å². The largest absolute Gasteiger partial charge is 0.482 e. The maximum atomic E-state index is 11.6. The number of benzene rings is 2. The summed E-state index contributed by atoms with van der Waals surface area (Å²) in [6.45, 7) is 11.1. The number of aromatic nitrogens is 2. The van der Waals surface area contributed by atoms with Crippen LogP contribution in [0.15, 0.2) is 42.6 Å². The SMILES string of the molecule is CCOC(=O)COc1cc(C)cc(CN2[C@H](C)CN(c3cnc4cc(Cl)ccc4n3)C[C@@H]2C)c1. The van der Waals surface area contributed by atoms with Crippen LogP contribution in [0.1, 0.15) is 31.9 Å². The van der Waals surface area contributed by atoms with E-state index in [1.165, 1.54) is 0 Å². The van der Waals surface area contributed by atoms with Crippen molar-refractivity contribution < 1.29 is 14.3 Å². The van der Waals surface area contributed by atoms with Gasteiger partial charge in [0.2, 0.25) is 0 Å². The van der Waals surface area contributed by atoms with Crippen LogP contribution in [0.4, 0.5) is 5.82 Å². The third-order valence-electron chi connectivity index (χ3n) is 6.05. The number of carbonyl (C=O) groups is 1. The molecule has 1 saturated heterocycles. The third kappa shape index (κ3) is 5.77. The van der Waals surface area contributed by atoms with E-state index in [4.69, 9.17) is 26.1 Å². The molecule has 4 rings (SSSR count). The molecule has 34 heavy (non-hydrogen) atoms. The lowest BCUT2D eigenvalue weighted by molar-refractivity contribution is -0.145. The Morgan fingerprint density at radius 3 is 2.62 bits per heavy atom. The lowest BCUT2D eigenvalue weighted by Gasteiger charge is -2.45. The molecule has 0 saturated carbocycles. The van der Waals surface area contributed by atoms with Crippen LogP contribution in [-0.2, 0) is 16.1 Å². The van der Waals surface area contributed by atoms with Crippen molar-refractivity contribution in [3.8, 4) is 5.75 Å². The Hall–Kier alpha value is -2.90. The van der Waals surface area contributed by atoms with Crippen LogP contribution in [0.25, 0.3) is 11.0 Å². The monoisotopic (exact) mass is 482 g/mol. The summed E-state index contributed by atoms with van der Waals surface area (Å²) < 4.78 is 10.6. The van der Waals surface area contributed by atoms with E-state index in [0.29, 0.717) is 29.5 Å². The van der Waals surface area contributed by atoms with Crippen molar-refractivity contribution in [2.75, 3.05) is 31.2 Å². The maximum absolute atomic E-state index is 11.6. The highest BCUT2D eigenvalue weighted by Gasteiger charge is 2.30. The Labute approximate surface area is 205 Å². The molecule has 1 fully saturated rings. The summed E-state index contributed by atoms with van der Waals surface area (Å²) in [5.41, 5.74) is 3.91. The number of ether oxygens (including phenoxy) is 2. The van der Waals surface area contributed by atoms with Crippen molar-refractivity contribution in [1.29, 1.82) is 0 Å². The first-order valence-corrected chi connectivity index (χ1v) is 12.0. The fraction of sp³-hybridized carbons (Fsp3) is 0.423. The van der Waals surface area contributed by atoms with E-state index >= 15 is 0 Å². The van der Waals surface area contributed by atoms with Crippen molar-refractivity contribution in [2.24, 2.45) is 0 Å². The molecule has 2 aromatic carbocycles. The number of esters is 1. The Balaban J connectivity index is 1.44. The fourth-order valence-electron chi connectivity index (χ4n) is 4.54. The first-order chi connectivity index (χ1) is 16.3. The molecule has 0 bridgehead atoms. The van der Waals surface area contributed by atoms with E-state index in [-0.39, 0.29) is 12.6 Å². The quantitative estimate of drug-likeness (QED) is 0.454. The molecule has 0 radical (unpaired) electrons. The minimum atomic E-state index is -0.358. The maximum Gasteiger partial charge on any atom is 0.344 e. The van der Waals surface area contributed by atoms with Gasteiger partial charge >= 0.3 is 5.97 Å². The topological polar surface area (TPSA) is 67.8 Å². The minimum absolute atomic E-state index is 0.0821. The molecule has 0 aliphatic carbocycles. The van der Waals surface area contributed by atoms with Gasteiger partial charge in [0.05, 0.1) is 23.8 Å². The molecule has 1 aliphatic rings. The lowest BCUT2D eigenvalue weighted by Crippen LogP contribution is -2.56. The summed E-state index contributed by atoms with van der Waals surface area (Å²) in [5, 5.41) is 0.663. The summed E-state index contributed by atoms with van der Waals surface area (Å²) >= 11 is 6.08. The van der Waals surface area contributed by atoms with Crippen LogP contribution in [0.3, 0.4) is 0 Å². The Bertz CT molecular complexity index is 1160. The van der Waals surface area contributed by atoms with Gasteiger partial charge in [-0.1, -0.05) is 17.7 Å². The number of hydrogen-bond donors (Lipinski definition) is 0. The molecule has 8 heteroatoms. The predicted molar refractivity (Wildman–Crippen MR) is 135 cm³/mol. The number of rotatable bonds is 7. The first kappa shape index (κ1) is 24.2. The van der Waals surface area contributed by atoms with Crippen molar-refractivity contribution in [2.45, 2.75) is 46.3 Å². The second kappa shape index (κ2) is 10.6. The minimum Gasteiger partial charge on any atom is -0.482 e. The molecule has 0 spiro atoms. The standard InChI is InChI=1S/C26H31ClN4O3/c1-5-33-26(32)16-34-22-9-17(2)8-20(10-22)15-31-18(3)13-30(14-19(31)4)25-12-28-24-11-21(27)6-7-23(24)29-25/h6-12,18-19H,5,13-16H2,1-4H3/t18-,19+. The van der Waals surface area contributed by atoms with Gasteiger partial charge in [0, 0.05) is 36.7 Å². The number of piperazine rings is 1. The first-order valence-electron chi connectivity index (χ1n) is 11.6. The molecular formula is C26H31ClN4O3. The highest BCUT2D eigenvalue weighted by Crippen LogP contribution is 2.26. The molecule has 7 nitrogen and oxygen atoms in total. The normalized spacial score (nSPS) is 18.8. The number of anilines is 1. The molecule has 0 unspecified atom stereocenters. The highest BCUT2D eigenvalue weighted by molar-refractivity contribution is 6.31. The number of aryl methyl sites for hydroxylation is 1. The van der Waals surface area contributed by atoms with Crippen LogP contribution in [0.5, 0.6) is 5.75 Å². The van der Waals surface area contributed by atoms with Gasteiger partial charge in [-0.25, -0.2) is 9.78 Å². The van der Waals surface area contributed by atoms with E-state index in [2.05, 4.69) is 34.7 Å². The second-order valence-corrected chi connectivity index (χ2v) is 9.32. The molecule has 2 atom stereocenters. The Morgan fingerprint density at radius 1 is 1.12 bits per heavy atom. The van der Waals surface area contributed by atoms with Gasteiger partial charge in [-0.3, -0.25) is 9.88 Å². The summed E-state index contributed by atoms with van der Waals surface area (Å²) in [5.74, 6) is 1.22. The lowest BCUT2D eigenvalue weighted by atomic mass is 10.0. The Morgan fingerprint density at radius 2 is 1.88 bits per heavy atom. The molecule has 2 heterocycles. The summed E-state index contributed by atoms with van der Waals surface area (Å²) in [6.07, 6.45) is 1.83. The van der Waals surface area contributed by atoms with Crippen molar-refractivity contribution in [1.82, 2.24) is 14.9 Å². The van der Waals surface area contributed by atoms with E-state index in [0.717, 1.165) is 47.6 Å². The molecule has 0 amide bonds. The zero-order valence-corrected chi connectivity index (χ0v) is 20.9. The van der Waals surface area contributed by atoms with Gasteiger partial charge < -0.3 is 14.4 Å². The van der Waals surface area contributed by atoms with E-state index in [1.54, 1.807) is 6.92 Å². The Kier molecular flexibility index (Phi) is 7.54. The summed E-state index contributed by atoms with van der Waals surface area (Å²) in [7, 11) is 0. The molecular weight excluding hydrogens is 452 g/mol.